The fraction of sp³-hybridized carbons (Fsp3) is 0.667. The summed E-state index contributed by atoms with van der Waals surface area (Å²) in [6, 6.07) is 9.72. The number of nitrogens with zero attached hydrogens (tertiary/aromatic N) is 2. The second-order valence-corrected chi connectivity index (χ2v) is 10.3. The third kappa shape index (κ3) is 5.20. The smallest absolute Gasteiger partial charge is 0.411 e. The molecule has 1 aliphatic carbocycles. The van der Waals surface area contributed by atoms with Crippen molar-refractivity contribution in [2.24, 2.45) is 11.8 Å². The molecule has 3 aliphatic rings. The maximum atomic E-state index is 14.1. The van der Waals surface area contributed by atoms with Gasteiger partial charge in [0.05, 0.1) is 6.54 Å². The normalized spacial score (nSPS) is 31.0. The number of carbonyl (C=O) groups is 2. The van der Waals surface area contributed by atoms with Gasteiger partial charge in [-0.3, -0.25) is 14.6 Å². The summed E-state index contributed by atoms with van der Waals surface area (Å²) in [5, 5.41) is 3.16. The Morgan fingerprint density at radius 1 is 1.13 bits per heavy atom. The zero-order valence-corrected chi connectivity index (χ0v) is 18.7. The predicted molar refractivity (Wildman–Crippen MR) is 116 cm³/mol. The molecule has 2 aliphatic heterocycles. The average Bonchev–Trinajstić information content (AvgIpc) is 3.37. The van der Waals surface area contributed by atoms with E-state index in [1.165, 1.54) is 10.5 Å². The third-order valence-corrected chi connectivity index (χ3v) is 6.69. The van der Waals surface area contributed by atoms with Gasteiger partial charge in [0.25, 0.3) is 0 Å². The fourth-order valence-corrected chi connectivity index (χ4v) is 5.34. The van der Waals surface area contributed by atoms with Crippen LogP contribution in [0.15, 0.2) is 30.3 Å². The molecule has 2 heterocycles. The van der Waals surface area contributed by atoms with Crippen molar-refractivity contribution in [3.63, 3.8) is 0 Å². The summed E-state index contributed by atoms with van der Waals surface area (Å²) in [5.74, 6) is 0.733. The van der Waals surface area contributed by atoms with Crippen molar-refractivity contribution >= 4 is 12.0 Å². The minimum Gasteiger partial charge on any atom is -0.444 e. The first-order valence-electron chi connectivity index (χ1n) is 11.4. The number of amides is 2. The van der Waals surface area contributed by atoms with Gasteiger partial charge in [0.1, 0.15) is 17.8 Å². The van der Waals surface area contributed by atoms with E-state index in [1.807, 2.05) is 6.07 Å². The van der Waals surface area contributed by atoms with Crippen LogP contribution in [-0.4, -0.2) is 65.3 Å². The van der Waals surface area contributed by atoms with E-state index in [2.05, 4.69) is 34.5 Å². The summed E-state index contributed by atoms with van der Waals surface area (Å²) in [6.45, 7) is 8.14. The monoisotopic (exact) mass is 431 g/mol. The summed E-state index contributed by atoms with van der Waals surface area (Å²) in [7, 11) is 0. The van der Waals surface area contributed by atoms with Gasteiger partial charge in [0, 0.05) is 32.1 Å². The molecule has 4 rings (SSSR count). The topological polar surface area (TPSA) is 61.9 Å². The van der Waals surface area contributed by atoms with Crippen LogP contribution in [0, 0.1) is 11.8 Å². The number of hydrogen-bond donors (Lipinski definition) is 1. The van der Waals surface area contributed by atoms with Crippen LogP contribution in [0.25, 0.3) is 0 Å². The van der Waals surface area contributed by atoms with Crippen LogP contribution in [0.5, 0.6) is 0 Å². The average molecular weight is 432 g/mol. The lowest BCUT2D eigenvalue weighted by Crippen LogP contribution is -2.51. The Morgan fingerprint density at radius 3 is 2.58 bits per heavy atom. The number of fused-ring (bicyclic) bond motifs is 1. The largest absolute Gasteiger partial charge is 0.444 e. The van der Waals surface area contributed by atoms with Crippen molar-refractivity contribution in [1.82, 2.24) is 15.1 Å². The van der Waals surface area contributed by atoms with Crippen molar-refractivity contribution in [3.8, 4) is 0 Å². The third-order valence-electron chi connectivity index (χ3n) is 6.69. The zero-order chi connectivity index (χ0) is 22.2. The molecule has 1 N–H and O–H groups in total. The van der Waals surface area contributed by atoms with E-state index in [1.54, 1.807) is 20.8 Å². The second kappa shape index (κ2) is 8.77. The van der Waals surface area contributed by atoms with Crippen molar-refractivity contribution in [1.29, 1.82) is 0 Å². The lowest BCUT2D eigenvalue weighted by Gasteiger charge is -2.29. The number of rotatable bonds is 4. The number of nitrogens with one attached hydrogen (secondary N) is 1. The number of benzene rings is 1. The van der Waals surface area contributed by atoms with E-state index in [0.717, 1.165) is 32.5 Å². The van der Waals surface area contributed by atoms with Crippen LogP contribution in [0.3, 0.4) is 0 Å². The number of halogens is 1. The van der Waals surface area contributed by atoms with Crippen LogP contribution in [0.4, 0.5) is 9.18 Å². The first kappa shape index (κ1) is 22.1. The summed E-state index contributed by atoms with van der Waals surface area (Å²) in [5.41, 5.74) is 0.619. The molecule has 2 saturated heterocycles. The molecule has 170 valence electrons. The quantitative estimate of drug-likeness (QED) is 0.794. The summed E-state index contributed by atoms with van der Waals surface area (Å²) < 4.78 is 19.5. The van der Waals surface area contributed by atoms with E-state index in [0.29, 0.717) is 11.8 Å². The molecule has 3 fully saturated rings. The second-order valence-electron chi connectivity index (χ2n) is 10.3. The Morgan fingerprint density at radius 2 is 1.87 bits per heavy atom. The maximum Gasteiger partial charge on any atom is 0.411 e. The van der Waals surface area contributed by atoms with Gasteiger partial charge in [-0.05, 0) is 51.0 Å². The van der Waals surface area contributed by atoms with Crippen LogP contribution >= 0.6 is 0 Å². The number of likely N-dealkylation sites (tertiary alicyclic amines) is 2. The zero-order valence-electron chi connectivity index (χ0n) is 18.7. The minimum absolute atomic E-state index is 0.0338. The summed E-state index contributed by atoms with van der Waals surface area (Å²) in [4.78, 5) is 29.3. The van der Waals surface area contributed by atoms with Crippen molar-refractivity contribution in [2.45, 2.75) is 70.4 Å². The van der Waals surface area contributed by atoms with Crippen LogP contribution < -0.4 is 5.32 Å². The van der Waals surface area contributed by atoms with Gasteiger partial charge >= 0.3 is 6.09 Å². The first-order chi connectivity index (χ1) is 14.7. The molecule has 2 amide bonds. The molecule has 1 aromatic carbocycles. The number of alkyl halides is 1. The van der Waals surface area contributed by atoms with Gasteiger partial charge < -0.3 is 10.1 Å². The van der Waals surface area contributed by atoms with Gasteiger partial charge in [-0.1, -0.05) is 30.3 Å². The van der Waals surface area contributed by atoms with Gasteiger partial charge in [-0.25, -0.2) is 9.18 Å². The fourth-order valence-electron chi connectivity index (χ4n) is 5.34. The molecule has 0 unspecified atom stereocenters. The molecular formula is C24H34FN3O3. The Labute approximate surface area is 184 Å². The molecule has 0 spiro atoms. The van der Waals surface area contributed by atoms with E-state index in [4.69, 9.17) is 4.74 Å². The molecule has 0 radical (unpaired) electrons. The molecular weight excluding hydrogens is 397 g/mol. The molecule has 0 bridgehead atoms. The van der Waals surface area contributed by atoms with Crippen LogP contribution in [0.1, 0.15) is 45.6 Å². The SMILES string of the molecule is CC(C)(C)OC(=O)N1C[C@H](F)C[C@H]1C(=O)N[C@H]1CC[C@@H]2CN(Cc3ccccc3)C[C@@H]21. The van der Waals surface area contributed by atoms with Gasteiger partial charge in [-0.2, -0.15) is 0 Å². The van der Waals surface area contributed by atoms with Gasteiger partial charge in [0.15, 0.2) is 0 Å². The Balaban J connectivity index is 1.35. The Bertz CT molecular complexity index is 797. The summed E-state index contributed by atoms with van der Waals surface area (Å²) >= 11 is 0. The first-order valence-corrected chi connectivity index (χ1v) is 11.4. The Hall–Kier alpha value is -2.15. The van der Waals surface area contributed by atoms with E-state index in [9.17, 15) is 14.0 Å². The molecule has 1 saturated carbocycles. The number of ether oxygens (including phenoxy) is 1. The van der Waals surface area contributed by atoms with E-state index in [-0.39, 0.29) is 24.9 Å². The highest BCUT2D eigenvalue weighted by Crippen LogP contribution is 2.39. The lowest BCUT2D eigenvalue weighted by molar-refractivity contribution is -0.126. The molecule has 6 nitrogen and oxygen atoms in total. The molecule has 31 heavy (non-hydrogen) atoms. The maximum absolute atomic E-state index is 14.1. The van der Waals surface area contributed by atoms with Crippen LogP contribution in [0.2, 0.25) is 0 Å². The summed E-state index contributed by atoms with van der Waals surface area (Å²) in [6.07, 6.45) is 0.247. The highest BCUT2D eigenvalue weighted by Gasteiger charge is 2.46. The Kier molecular flexibility index (Phi) is 6.24. The standard InChI is InChI=1S/C24H34FN3O3/c1-24(2,3)31-23(30)28-14-18(25)11-21(28)22(29)26-20-10-9-17-13-27(15-19(17)20)12-16-7-5-4-6-8-16/h4-8,17-21H,9-15H2,1-3H3,(H,26,29)/t17-,18-,19+,20+,21+/m1/s1. The molecule has 0 aromatic heterocycles. The van der Waals surface area contributed by atoms with Gasteiger partial charge in [-0.15, -0.1) is 0 Å². The predicted octanol–water partition coefficient (Wildman–Crippen LogP) is 3.36. The molecule has 7 heteroatoms. The highest BCUT2D eigenvalue weighted by molar-refractivity contribution is 5.86. The number of hydrogen-bond acceptors (Lipinski definition) is 4. The van der Waals surface area contributed by atoms with E-state index < -0.39 is 23.9 Å². The molecule has 5 atom stereocenters. The molecule has 1 aromatic rings. The van der Waals surface area contributed by atoms with Crippen molar-refractivity contribution in [3.05, 3.63) is 35.9 Å². The minimum atomic E-state index is -1.20. The van der Waals surface area contributed by atoms with Crippen LogP contribution in [-0.2, 0) is 16.1 Å². The van der Waals surface area contributed by atoms with Crippen molar-refractivity contribution < 1.29 is 18.7 Å². The van der Waals surface area contributed by atoms with Crippen molar-refractivity contribution in [2.75, 3.05) is 19.6 Å². The number of carbonyl (C=O) groups excluding carboxylic acids is 2. The highest BCUT2D eigenvalue weighted by atomic mass is 19.1. The van der Waals surface area contributed by atoms with E-state index >= 15 is 0 Å². The van der Waals surface area contributed by atoms with Gasteiger partial charge in [0.2, 0.25) is 5.91 Å². The lowest BCUT2D eigenvalue weighted by atomic mass is 9.97.